The van der Waals surface area contributed by atoms with Crippen molar-refractivity contribution in [2.45, 2.75) is 50.1 Å². The molecule has 138 valence electrons. The van der Waals surface area contributed by atoms with Crippen molar-refractivity contribution in [3.63, 3.8) is 0 Å². The van der Waals surface area contributed by atoms with Crippen molar-refractivity contribution in [2.75, 3.05) is 57.8 Å². The maximum Gasteiger partial charge on any atom is 0.221 e. The molecule has 1 atom stereocenters. The molecule has 0 aromatic heterocycles. The van der Waals surface area contributed by atoms with Gasteiger partial charge in [-0.1, -0.05) is 6.42 Å². The third kappa shape index (κ3) is 4.87. The number of thioether (sulfide) groups is 1. The summed E-state index contributed by atoms with van der Waals surface area (Å²) in [5.41, 5.74) is 0.192. The molecule has 0 aromatic rings. The van der Waals surface area contributed by atoms with Gasteiger partial charge >= 0.3 is 0 Å². The van der Waals surface area contributed by atoms with Gasteiger partial charge in [-0.2, -0.15) is 11.8 Å². The molecule has 0 aromatic carbocycles. The molecule has 1 amide bonds. The lowest BCUT2D eigenvalue weighted by atomic mass is 9.84. The molecule has 0 radical (unpaired) electrons. The highest BCUT2D eigenvalue weighted by Gasteiger charge is 2.39. The van der Waals surface area contributed by atoms with Crippen LogP contribution in [0.5, 0.6) is 0 Å². The van der Waals surface area contributed by atoms with Crippen molar-refractivity contribution in [1.82, 2.24) is 20.4 Å². The molecule has 5 nitrogen and oxygen atoms in total. The number of hydrogen-bond donors (Lipinski definition) is 2. The average Bonchev–Trinajstić information content (AvgIpc) is 2.63. The van der Waals surface area contributed by atoms with E-state index in [1.165, 1.54) is 50.9 Å². The molecule has 3 aliphatic heterocycles. The van der Waals surface area contributed by atoms with E-state index in [0.717, 1.165) is 31.9 Å². The molecule has 3 saturated heterocycles. The van der Waals surface area contributed by atoms with E-state index >= 15 is 0 Å². The lowest BCUT2D eigenvalue weighted by molar-refractivity contribution is -0.122. The lowest BCUT2D eigenvalue weighted by Gasteiger charge is -2.50. The van der Waals surface area contributed by atoms with Gasteiger partial charge in [0.2, 0.25) is 5.91 Å². The highest BCUT2D eigenvalue weighted by atomic mass is 32.2. The smallest absolute Gasteiger partial charge is 0.221 e. The van der Waals surface area contributed by atoms with Gasteiger partial charge in [0, 0.05) is 42.6 Å². The van der Waals surface area contributed by atoms with Crippen LogP contribution in [0.3, 0.4) is 0 Å². The third-order valence-electron chi connectivity index (χ3n) is 5.99. The molecule has 1 unspecified atom stereocenters. The van der Waals surface area contributed by atoms with Crippen LogP contribution in [0.4, 0.5) is 0 Å². The number of nitrogens with one attached hydrogen (secondary N) is 2. The summed E-state index contributed by atoms with van der Waals surface area (Å²) in [7, 11) is 2.21. The van der Waals surface area contributed by atoms with Gasteiger partial charge in [-0.25, -0.2) is 0 Å². The maximum atomic E-state index is 12.5. The zero-order valence-corrected chi connectivity index (χ0v) is 16.0. The molecule has 2 N–H and O–H groups in total. The first-order valence-corrected chi connectivity index (χ1v) is 10.8. The van der Waals surface area contributed by atoms with Crippen LogP contribution in [0.15, 0.2) is 0 Å². The van der Waals surface area contributed by atoms with Gasteiger partial charge < -0.3 is 15.5 Å². The summed E-state index contributed by atoms with van der Waals surface area (Å²) in [4.78, 5) is 17.6. The number of carbonyl (C=O) groups excluding carboxylic acids is 1. The number of piperidine rings is 2. The second-order valence-corrected chi connectivity index (χ2v) is 8.93. The summed E-state index contributed by atoms with van der Waals surface area (Å²) in [6, 6.07) is 0.354. The highest BCUT2D eigenvalue weighted by Crippen LogP contribution is 2.30. The predicted octanol–water partition coefficient (Wildman–Crippen LogP) is 1.15. The van der Waals surface area contributed by atoms with Crippen molar-refractivity contribution in [2.24, 2.45) is 0 Å². The van der Waals surface area contributed by atoms with E-state index in [-0.39, 0.29) is 11.4 Å². The highest BCUT2D eigenvalue weighted by molar-refractivity contribution is 7.99. The van der Waals surface area contributed by atoms with Crippen molar-refractivity contribution in [3.8, 4) is 0 Å². The number of nitrogens with zero attached hydrogens (tertiary/aromatic N) is 2. The Hall–Kier alpha value is -0.300. The Morgan fingerprint density at radius 3 is 2.62 bits per heavy atom. The quantitative estimate of drug-likeness (QED) is 0.776. The monoisotopic (exact) mass is 354 g/mol. The van der Waals surface area contributed by atoms with Crippen LogP contribution in [-0.4, -0.2) is 85.1 Å². The zero-order valence-electron chi connectivity index (χ0n) is 15.2. The molecule has 3 aliphatic rings. The summed E-state index contributed by atoms with van der Waals surface area (Å²) in [5.74, 6) is 2.46. The second-order valence-electron chi connectivity index (χ2n) is 7.78. The largest absolute Gasteiger partial charge is 0.354 e. The molecule has 3 heterocycles. The lowest BCUT2D eigenvalue weighted by Crippen LogP contribution is -2.61. The molecule has 0 spiro atoms. The Morgan fingerprint density at radius 2 is 1.96 bits per heavy atom. The number of likely N-dealkylation sites (tertiary alicyclic amines) is 2. The fourth-order valence-electron chi connectivity index (χ4n) is 4.32. The van der Waals surface area contributed by atoms with E-state index in [2.05, 4.69) is 27.5 Å². The van der Waals surface area contributed by atoms with Crippen molar-refractivity contribution < 1.29 is 4.79 Å². The van der Waals surface area contributed by atoms with Crippen LogP contribution in [0.1, 0.15) is 38.5 Å². The average molecular weight is 355 g/mol. The van der Waals surface area contributed by atoms with Crippen LogP contribution in [0.25, 0.3) is 0 Å². The summed E-state index contributed by atoms with van der Waals surface area (Å²) in [6.07, 6.45) is 6.99. The van der Waals surface area contributed by atoms with E-state index in [9.17, 15) is 4.79 Å². The molecule has 3 fully saturated rings. The van der Waals surface area contributed by atoms with Crippen LogP contribution in [-0.2, 0) is 4.79 Å². The molecule has 0 aliphatic carbocycles. The van der Waals surface area contributed by atoms with Crippen molar-refractivity contribution >= 4 is 17.7 Å². The molecular weight excluding hydrogens is 320 g/mol. The van der Waals surface area contributed by atoms with Gasteiger partial charge in [0.15, 0.2) is 0 Å². The van der Waals surface area contributed by atoms with Crippen molar-refractivity contribution in [3.05, 3.63) is 0 Å². The van der Waals surface area contributed by atoms with E-state index in [4.69, 9.17) is 0 Å². The second kappa shape index (κ2) is 8.88. The van der Waals surface area contributed by atoms with Crippen LogP contribution in [0, 0.1) is 0 Å². The minimum Gasteiger partial charge on any atom is -0.354 e. The minimum absolute atomic E-state index is 0.192. The Labute approximate surface area is 151 Å². The normalized spacial score (nSPS) is 29.3. The van der Waals surface area contributed by atoms with E-state index in [1.807, 2.05) is 11.8 Å². The summed E-state index contributed by atoms with van der Waals surface area (Å²) in [5, 5.41) is 6.77. The van der Waals surface area contributed by atoms with Crippen LogP contribution >= 0.6 is 11.8 Å². The van der Waals surface area contributed by atoms with Crippen LogP contribution < -0.4 is 10.6 Å². The Kier molecular flexibility index (Phi) is 6.84. The number of carbonyl (C=O) groups is 1. The minimum atomic E-state index is 0.192. The predicted molar refractivity (Wildman–Crippen MR) is 102 cm³/mol. The number of amides is 1. The number of hydrogen-bond acceptors (Lipinski definition) is 5. The fraction of sp³-hybridized carbons (Fsp3) is 0.944. The summed E-state index contributed by atoms with van der Waals surface area (Å²) in [6.45, 7) is 6.58. The Bertz CT molecular complexity index is 400. The van der Waals surface area contributed by atoms with E-state index < -0.39 is 0 Å². The van der Waals surface area contributed by atoms with Gasteiger partial charge in [0.25, 0.3) is 0 Å². The first kappa shape index (κ1) is 18.5. The van der Waals surface area contributed by atoms with E-state index in [1.54, 1.807) is 0 Å². The first-order valence-electron chi connectivity index (χ1n) is 9.69. The molecule has 3 rings (SSSR count). The van der Waals surface area contributed by atoms with Crippen molar-refractivity contribution in [1.29, 1.82) is 0 Å². The molecular formula is C18H34N4OS. The van der Waals surface area contributed by atoms with Gasteiger partial charge in [0.05, 0.1) is 0 Å². The standard InChI is InChI=1S/C18H34N4OS/c1-21-10-5-18(6-11-21,22-8-3-2-4-9-22)15-20-17(23)13-16-14-24-12-7-19-16/h16,19H,2-15H2,1H3,(H,20,23). The van der Waals surface area contributed by atoms with Gasteiger partial charge in [0.1, 0.15) is 0 Å². The summed E-state index contributed by atoms with van der Waals surface area (Å²) >= 11 is 1.96. The molecule has 0 saturated carbocycles. The molecule has 0 bridgehead atoms. The SMILES string of the molecule is CN1CCC(CNC(=O)CC2CSCCN2)(N2CCCCC2)CC1. The first-order chi connectivity index (χ1) is 11.7. The molecule has 24 heavy (non-hydrogen) atoms. The van der Waals surface area contributed by atoms with Gasteiger partial charge in [-0.3, -0.25) is 9.69 Å². The number of rotatable bonds is 5. The van der Waals surface area contributed by atoms with Crippen LogP contribution in [0.2, 0.25) is 0 Å². The zero-order chi connectivity index (χ0) is 16.8. The van der Waals surface area contributed by atoms with Gasteiger partial charge in [-0.05, 0) is 58.9 Å². The van der Waals surface area contributed by atoms with E-state index in [0.29, 0.717) is 12.5 Å². The Morgan fingerprint density at radius 1 is 1.21 bits per heavy atom. The Balaban J connectivity index is 1.54. The topological polar surface area (TPSA) is 47.6 Å². The van der Waals surface area contributed by atoms with Gasteiger partial charge in [-0.15, -0.1) is 0 Å². The maximum absolute atomic E-state index is 12.5. The third-order valence-corrected chi connectivity index (χ3v) is 7.12. The fourth-order valence-corrected chi connectivity index (χ4v) is 5.27. The summed E-state index contributed by atoms with van der Waals surface area (Å²) < 4.78 is 0. The molecule has 6 heteroatoms.